The number of rotatable bonds is 10. The summed E-state index contributed by atoms with van der Waals surface area (Å²) in [6.45, 7) is 8.34. The minimum atomic E-state index is 0.188. The molecule has 1 rings (SSSR count). The second kappa shape index (κ2) is 11.1. The molecule has 8 N–H and O–H groups in total. The molecule has 0 atom stereocenters. The van der Waals surface area contributed by atoms with Crippen LogP contribution in [-0.2, 0) is 0 Å². The molecule has 1 fully saturated rings. The van der Waals surface area contributed by atoms with Gasteiger partial charge < -0.3 is 32.7 Å². The van der Waals surface area contributed by atoms with E-state index in [1.807, 2.05) is 0 Å². The van der Waals surface area contributed by atoms with Crippen LogP contribution >= 0.6 is 0 Å². The fraction of sp³-hybridized carbons (Fsp3) is 0.857. The monoisotopic (exact) mass is 312 g/mol. The summed E-state index contributed by atoms with van der Waals surface area (Å²) in [5.41, 5.74) is 21.2. The first-order chi connectivity index (χ1) is 10.6. The quantitative estimate of drug-likeness (QED) is 0.225. The fourth-order valence-electron chi connectivity index (χ4n) is 2.55. The third-order valence-corrected chi connectivity index (χ3v) is 3.82. The Labute approximate surface area is 133 Å². The van der Waals surface area contributed by atoms with Gasteiger partial charge in [-0.25, -0.2) is 0 Å². The van der Waals surface area contributed by atoms with Gasteiger partial charge in [0.25, 0.3) is 0 Å². The summed E-state index contributed by atoms with van der Waals surface area (Å²) in [6.07, 6.45) is 4.39. The highest BCUT2D eigenvalue weighted by molar-refractivity contribution is 5.75. The van der Waals surface area contributed by atoms with E-state index in [4.69, 9.17) is 22.9 Å². The molecular weight excluding hydrogens is 280 g/mol. The summed E-state index contributed by atoms with van der Waals surface area (Å²) in [5, 5.41) is 0. The van der Waals surface area contributed by atoms with E-state index in [-0.39, 0.29) is 11.9 Å². The molecule has 0 spiro atoms. The Hall–Kier alpha value is -1.54. The third kappa shape index (κ3) is 9.41. The van der Waals surface area contributed by atoms with Crippen molar-refractivity contribution >= 4 is 11.9 Å². The van der Waals surface area contributed by atoms with Gasteiger partial charge in [0, 0.05) is 39.3 Å². The van der Waals surface area contributed by atoms with Crippen molar-refractivity contribution in [1.82, 2.24) is 9.80 Å². The van der Waals surface area contributed by atoms with E-state index in [0.717, 1.165) is 78.0 Å². The SMILES string of the molecule is NC(N)=NCCCCN1CCN(CCCCN=C(N)N)CC1. The van der Waals surface area contributed by atoms with Crippen molar-refractivity contribution in [1.29, 1.82) is 0 Å². The van der Waals surface area contributed by atoms with Crippen LogP contribution < -0.4 is 22.9 Å². The van der Waals surface area contributed by atoms with Crippen LogP contribution in [0, 0.1) is 0 Å². The molecule has 0 aliphatic carbocycles. The predicted octanol–water partition coefficient (Wildman–Crippen LogP) is -1.29. The van der Waals surface area contributed by atoms with E-state index in [0.29, 0.717) is 0 Å². The maximum absolute atomic E-state index is 5.30. The van der Waals surface area contributed by atoms with Crippen molar-refractivity contribution < 1.29 is 0 Å². The molecular formula is C14H32N8. The summed E-state index contributed by atoms with van der Waals surface area (Å²) >= 11 is 0. The number of nitrogens with zero attached hydrogens (tertiary/aromatic N) is 4. The second-order valence-electron chi connectivity index (χ2n) is 5.71. The lowest BCUT2D eigenvalue weighted by Gasteiger charge is -2.34. The van der Waals surface area contributed by atoms with Crippen LogP contribution in [0.15, 0.2) is 9.98 Å². The Morgan fingerprint density at radius 1 is 0.636 bits per heavy atom. The van der Waals surface area contributed by atoms with Crippen molar-refractivity contribution in [3.05, 3.63) is 0 Å². The Morgan fingerprint density at radius 2 is 1.00 bits per heavy atom. The topological polar surface area (TPSA) is 135 Å². The van der Waals surface area contributed by atoms with E-state index in [1.165, 1.54) is 0 Å². The van der Waals surface area contributed by atoms with Crippen LogP contribution in [0.2, 0.25) is 0 Å². The Bertz CT molecular complexity index is 305. The maximum atomic E-state index is 5.30. The largest absolute Gasteiger partial charge is 0.370 e. The van der Waals surface area contributed by atoms with Gasteiger partial charge in [-0.2, -0.15) is 0 Å². The summed E-state index contributed by atoms with van der Waals surface area (Å²) in [7, 11) is 0. The molecule has 0 unspecified atom stereocenters. The lowest BCUT2D eigenvalue weighted by atomic mass is 10.2. The van der Waals surface area contributed by atoms with Gasteiger partial charge in [-0.3, -0.25) is 9.98 Å². The summed E-state index contributed by atoms with van der Waals surface area (Å²) in [6, 6.07) is 0. The Balaban J connectivity index is 1.99. The summed E-state index contributed by atoms with van der Waals surface area (Å²) in [4.78, 5) is 13.0. The number of aliphatic imine (C=N–C) groups is 2. The zero-order valence-electron chi connectivity index (χ0n) is 13.6. The molecule has 0 bridgehead atoms. The number of piperazine rings is 1. The van der Waals surface area contributed by atoms with E-state index in [9.17, 15) is 0 Å². The number of guanidine groups is 2. The van der Waals surface area contributed by atoms with Crippen LogP contribution in [0.25, 0.3) is 0 Å². The molecule has 0 aromatic carbocycles. The Kier molecular flexibility index (Phi) is 9.33. The molecule has 0 radical (unpaired) electrons. The summed E-state index contributed by atoms with van der Waals surface area (Å²) < 4.78 is 0. The zero-order valence-corrected chi connectivity index (χ0v) is 13.6. The second-order valence-corrected chi connectivity index (χ2v) is 5.71. The number of hydrogen-bond acceptors (Lipinski definition) is 4. The molecule has 1 aliphatic rings. The number of nitrogens with two attached hydrogens (primary N) is 4. The number of hydrogen-bond donors (Lipinski definition) is 4. The highest BCUT2D eigenvalue weighted by Gasteiger charge is 2.15. The van der Waals surface area contributed by atoms with E-state index < -0.39 is 0 Å². The van der Waals surface area contributed by atoms with Crippen molar-refractivity contribution in [2.24, 2.45) is 32.9 Å². The Morgan fingerprint density at radius 3 is 1.32 bits per heavy atom. The lowest BCUT2D eigenvalue weighted by Crippen LogP contribution is -2.46. The van der Waals surface area contributed by atoms with Crippen molar-refractivity contribution in [3.8, 4) is 0 Å². The van der Waals surface area contributed by atoms with Crippen LogP contribution in [-0.4, -0.2) is 74.1 Å². The first-order valence-electron chi connectivity index (χ1n) is 8.13. The van der Waals surface area contributed by atoms with Crippen molar-refractivity contribution in [2.45, 2.75) is 25.7 Å². The number of unbranched alkanes of at least 4 members (excludes halogenated alkanes) is 2. The van der Waals surface area contributed by atoms with Gasteiger partial charge in [0.15, 0.2) is 11.9 Å². The predicted molar refractivity (Wildman–Crippen MR) is 92.7 cm³/mol. The van der Waals surface area contributed by atoms with Crippen LogP contribution in [0.1, 0.15) is 25.7 Å². The maximum Gasteiger partial charge on any atom is 0.185 e. The van der Waals surface area contributed by atoms with Gasteiger partial charge in [-0.15, -0.1) is 0 Å². The minimum absolute atomic E-state index is 0.188. The van der Waals surface area contributed by atoms with Crippen molar-refractivity contribution in [2.75, 3.05) is 52.4 Å². The molecule has 1 heterocycles. The van der Waals surface area contributed by atoms with Crippen molar-refractivity contribution in [3.63, 3.8) is 0 Å². The van der Waals surface area contributed by atoms with E-state index in [1.54, 1.807) is 0 Å². The first-order valence-corrected chi connectivity index (χ1v) is 8.13. The minimum Gasteiger partial charge on any atom is -0.370 e. The molecule has 0 aromatic rings. The molecule has 0 aromatic heterocycles. The van der Waals surface area contributed by atoms with Gasteiger partial charge in [0.1, 0.15) is 0 Å². The van der Waals surface area contributed by atoms with Crippen LogP contribution in [0.4, 0.5) is 0 Å². The zero-order chi connectivity index (χ0) is 16.2. The van der Waals surface area contributed by atoms with Crippen LogP contribution in [0.5, 0.6) is 0 Å². The molecule has 1 saturated heterocycles. The average Bonchev–Trinajstić information content (AvgIpc) is 2.47. The molecule has 128 valence electrons. The standard InChI is InChI=1S/C14H32N8/c15-13(16)19-5-1-3-7-21-9-11-22(12-10-21)8-4-2-6-20-14(17)18/h1-12H2,(H4,15,16,19)(H4,17,18,20). The lowest BCUT2D eigenvalue weighted by molar-refractivity contribution is 0.129. The normalized spacial score (nSPS) is 16.4. The summed E-state index contributed by atoms with van der Waals surface area (Å²) in [5.74, 6) is 0.377. The average molecular weight is 312 g/mol. The molecule has 22 heavy (non-hydrogen) atoms. The van der Waals surface area contributed by atoms with Crippen LogP contribution in [0.3, 0.4) is 0 Å². The third-order valence-electron chi connectivity index (χ3n) is 3.82. The molecule has 0 saturated carbocycles. The first kappa shape index (κ1) is 18.5. The highest BCUT2D eigenvalue weighted by atomic mass is 15.3. The van der Waals surface area contributed by atoms with E-state index in [2.05, 4.69) is 19.8 Å². The van der Waals surface area contributed by atoms with Gasteiger partial charge in [-0.05, 0) is 38.8 Å². The fourth-order valence-corrected chi connectivity index (χ4v) is 2.55. The van der Waals surface area contributed by atoms with Gasteiger partial charge >= 0.3 is 0 Å². The highest BCUT2D eigenvalue weighted by Crippen LogP contribution is 2.05. The molecule has 8 nitrogen and oxygen atoms in total. The van der Waals surface area contributed by atoms with Gasteiger partial charge in [-0.1, -0.05) is 0 Å². The molecule has 0 amide bonds. The van der Waals surface area contributed by atoms with Gasteiger partial charge in [0.2, 0.25) is 0 Å². The van der Waals surface area contributed by atoms with E-state index >= 15 is 0 Å². The molecule has 8 heteroatoms. The molecule has 1 aliphatic heterocycles. The smallest absolute Gasteiger partial charge is 0.185 e. The van der Waals surface area contributed by atoms with Gasteiger partial charge in [0.05, 0.1) is 0 Å².